The van der Waals surface area contributed by atoms with Crippen LogP contribution in [0.15, 0.2) is 186 Å². The van der Waals surface area contributed by atoms with Crippen molar-refractivity contribution in [1.82, 2.24) is 0 Å². The van der Waals surface area contributed by atoms with Crippen LogP contribution >= 0.6 is 0 Å². The molecule has 0 amide bonds. The largest absolute Gasteiger partial charge is 0.455 e. The Hall–Kier alpha value is -6.44. The summed E-state index contributed by atoms with van der Waals surface area (Å²) in [5, 5.41) is 8.12. The zero-order chi connectivity index (χ0) is 34.9. The van der Waals surface area contributed by atoms with Crippen LogP contribution in [0.3, 0.4) is 0 Å². The molecule has 10 aromatic rings. The minimum absolute atomic E-state index is 0.00815. The molecule has 0 fully saturated rings. The molecule has 0 saturated heterocycles. The van der Waals surface area contributed by atoms with Crippen molar-refractivity contribution in [1.29, 1.82) is 0 Å². The van der Waals surface area contributed by atoms with E-state index in [2.05, 4.69) is 115 Å². The molecule has 0 N–H and O–H groups in total. The van der Waals surface area contributed by atoms with E-state index in [9.17, 15) is 0 Å². The number of benzene rings is 9. The SMILES string of the molecule is [2H]c1c([2H])c([2H])c2c(oc3cc4ccccc4cc32)c1-c1ccc(-c2c3ccccc3c(-c3ccccc3-c3ccccc3)c3ccccc23)cc1. The van der Waals surface area contributed by atoms with Crippen molar-refractivity contribution in [2.24, 2.45) is 0 Å². The number of hydrogen-bond donors (Lipinski definition) is 0. The van der Waals surface area contributed by atoms with Crippen molar-refractivity contribution in [2.45, 2.75) is 0 Å². The van der Waals surface area contributed by atoms with Gasteiger partial charge in [0.2, 0.25) is 0 Å². The first-order chi connectivity index (χ1) is 25.6. The number of rotatable bonds is 4. The van der Waals surface area contributed by atoms with Gasteiger partial charge < -0.3 is 4.42 Å². The Bertz CT molecular complexity index is 2980. The Morgan fingerprint density at radius 1 is 0.367 bits per heavy atom. The maximum Gasteiger partial charge on any atom is 0.143 e. The Kier molecular flexibility index (Phi) is 5.58. The van der Waals surface area contributed by atoms with Gasteiger partial charge in [0.05, 0.1) is 4.11 Å². The molecule has 49 heavy (non-hydrogen) atoms. The lowest BCUT2D eigenvalue weighted by Crippen LogP contribution is -1.92. The molecule has 0 aliphatic heterocycles. The fourth-order valence-corrected chi connectivity index (χ4v) is 7.60. The normalized spacial score (nSPS) is 12.5. The summed E-state index contributed by atoms with van der Waals surface area (Å²) in [7, 11) is 0. The van der Waals surface area contributed by atoms with Crippen molar-refractivity contribution in [3.8, 4) is 44.5 Å². The van der Waals surface area contributed by atoms with E-state index in [1.165, 1.54) is 33.0 Å². The smallest absolute Gasteiger partial charge is 0.143 e. The molecule has 1 aromatic heterocycles. The van der Waals surface area contributed by atoms with Gasteiger partial charge in [-0.25, -0.2) is 0 Å². The maximum absolute atomic E-state index is 9.02. The second kappa shape index (κ2) is 11.1. The fraction of sp³-hybridized carbons (Fsp3) is 0. The summed E-state index contributed by atoms with van der Waals surface area (Å²) in [6.45, 7) is 0. The van der Waals surface area contributed by atoms with Crippen molar-refractivity contribution >= 4 is 54.3 Å². The van der Waals surface area contributed by atoms with Crippen molar-refractivity contribution in [3.63, 3.8) is 0 Å². The third-order valence-electron chi connectivity index (χ3n) is 9.83. The summed E-state index contributed by atoms with van der Waals surface area (Å²) >= 11 is 0. The molecule has 10 rings (SSSR count). The zero-order valence-electron chi connectivity index (χ0n) is 29.5. The van der Waals surface area contributed by atoms with Crippen LogP contribution in [0.25, 0.3) is 98.8 Å². The average Bonchev–Trinajstić information content (AvgIpc) is 3.56. The van der Waals surface area contributed by atoms with Crippen LogP contribution in [0.5, 0.6) is 0 Å². The molecular weight excluding hydrogens is 593 g/mol. The predicted molar refractivity (Wildman–Crippen MR) is 208 cm³/mol. The van der Waals surface area contributed by atoms with E-state index in [1.807, 2.05) is 48.5 Å². The minimum atomic E-state index is -0.106. The molecule has 0 unspecified atom stereocenters. The molecule has 228 valence electrons. The third-order valence-corrected chi connectivity index (χ3v) is 9.83. The van der Waals surface area contributed by atoms with Crippen molar-refractivity contribution in [2.75, 3.05) is 0 Å². The van der Waals surface area contributed by atoms with Gasteiger partial charge in [-0.05, 0) is 83.4 Å². The van der Waals surface area contributed by atoms with Gasteiger partial charge in [0, 0.05) is 16.3 Å². The number of furan rings is 1. The first-order valence-electron chi connectivity index (χ1n) is 18.1. The highest BCUT2D eigenvalue weighted by Crippen LogP contribution is 2.46. The molecule has 0 spiro atoms. The number of hydrogen-bond acceptors (Lipinski definition) is 1. The van der Waals surface area contributed by atoms with Crippen LogP contribution < -0.4 is 0 Å². The third kappa shape index (κ3) is 4.40. The standard InChI is InChI=1S/C48H30O/c1-2-13-31(14-3-1)36-17-6-7-18-38(36)47-41-21-10-8-19-39(41)46(40-20-9-11-22-42(40)47)33-27-25-32(26-28-33)37-23-12-24-43-44-29-34-15-4-5-16-35(34)30-45(44)49-48(37)43/h1-30H/i12D,23D,24D. The quantitative estimate of drug-likeness (QED) is 0.177. The van der Waals surface area contributed by atoms with Crippen molar-refractivity contribution < 1.29 is 8.53 Å². The highest BCUT2D eigenvalue weighted by atomic mass is 16.3. The molecule has 0 saturated carbocycles. The average molecular weight is 626 g/mol. The molecule has 0 atom stereocenters. The Morgan fingerprint density at radius 3 is 1.59 bits per heavy atom. The van der Waals surface area contributed by atoms with E-state index in [1.54, 1.807) is 0 Å². The number of fused-ring (bicyclic) bond motifs is 6. The van der Waals surface area contributed by atoms with Crippen LogP contribution in [0.2, 0.25) is 0 Å². The summed E-state index contributed by atoms with van der Waals surface area (Å²) in [4.78, 5) is 0. The molecule has 1 heteroatoms. The van der Waals surface area contributed by atoms with Gasteiger partial charge in [0.15, 0.2) is 0 Å². The summed E-state index contributed by atoms with van der Waals surface area (Å²) < 4.78 is 33.2. The molecule has 0 aliphatic carbocycles. The summed E-state index contributed by atoms with van der Waals surface area (Å²) in [6, 6.07) is 56.8. The van der Waals surface area contributed by atoms with Gasteiger partial charge >= 0.3 is 0 Å². The first-order valence-corrected chi connectivity index (χ1v) is 16.6. The maximum atomic E-state index is 9.02. The second-order valence-electron chi connectivity index (χ2n) is 12.6. The van der Waals surface area contributed by atoms with Crippen LogP contribution in [-0.2, 0) is 0 Å². The highest BCUT2D eigenvalue weighted by Gasteiger charge is 2.19. The molecule has 9 aromatic carbocycles. The summed E-state index contributed by atoms with van der Waals surface area (Å²) in [5.74, 6) is 0. The van der Waals surface area contributed by atoms with E-state index in [0.717, 1.165) is 43.6 Å². The van der Waals surface area contributed by atoms with Crippen LogP contribution in [-0.4, -0.2) is 0 Å². The van der Waals surface area contributed by atoms with E-state index >= 15 is 0 Å². The van der Waals surface area contributed by atoms with Crippen LogP contribution in [0.4, 0.5) is 0 Å². The van der Waals surface area contributed by atoms with E-state index in [4.69, 9.17) is 8.53 Å². The van der Waals surface area contributed by atoms with E-state index in [0.29, 0.717) is 22.1 Å². The molecule has 0 bridgehead atoms. The van der Waals surface area contributed by atoms with Gasteiger partial charge in [-0.15, -0.1) is 0 Å². The Balaban J connectivity index is 1.19. The van der Waals surface area contributed by atoms with Crippen molar-refractivity contribution in [3.05, 3.63) is 182 Å². The fourth-order valence-electron chi connectivity index (χ4n) is 7.60. The predicted octanol–water partition coefficient (Wildman–Crippen LogP) is 13.7. The van der Waals surface area contributed by atoms with Crippen LogP contribution in [0.1, 0.15) is 4.11 Å². The summed E-state index contributed by atoms with van der Waals surface area (Å²) in [6.07, 6.45) is 0. The highest BCUT2D eigenvalue weighted by molar-refractivity contribution is 6.22. The zero-order valence-corrected chi connectivity index (χ0v) is 26.5. The molecule has 1 nitrogen and oxygen atoms in total. The molecule has 0 radical (unpaired) electrons. The summed E-state index contributed by atoms with van der Waals surface area (Å²) in [5.41, 5.74) is 9.41. The van der Waals surface area contributed by atoms with Crippen LogP contribution in [0, 0.1) is 0 Å². The van der Waals surface area contributed by atoms with E-state index < -0.39 is 0 Å². The lowest BCUT2D eigenvalue weighted by Gasteiger charge is -2.19. The molecular formula is C48H30O. The lowest BCUT2D eigenvalue weighted by atomic mass is 9.83. The van der Waals surface area contributed by atoms with Gasteiger partial charge in [-0.2, -0.15) is 0 Å². The van der Waals surface area contributed by atoms with Gasteiger partial charge in [-0.1, -0.05) is 170 Å². The minimum Gasteiger partial charge on any atom is -0.455 e. The number of para-hydroxylation sites is 1. The van der Waals surface area contributed by atoms with Gasteiger partial charge in [0.25, 0.3) is 0 Å². The Morgan fingerprint density at radius 2 is 0.898 bits per heavy atom. The topological polar surface area (TPSA) is 13.1 Å². The van der Waals surface area contributed by atoms with Gasteiger partial charge in [0.1, 0.15) is 11.2 Å². The molecule has 1 heterocycles. The van der Waals surface area contributed by atoms with E-state index in [-0.39, 0.29) is 18.1 Å². The Labute approximate surface area is 288 Å². The first kappa shape index (κ1) is 24.7. The monoisotopic (exact) mass is 625 g/mol. The lowest BCUT2D eigenvalue weighted by molar-refractivity contribution is 0.670. The van der Waals surface area contributed by atoms with Gasteiger partial charge in [-0.3, -0.25) is 0 Å². The molecule has 0 aliphatic rings. The second-order valence-corrected chi connectivity index (χ2v) is 12.6.